The molecule has 3 aromatic rings. The molecule has 2 heterocycles. The number of halogens is 1. The first-order chi connectivity index (χ1) is 13.6. The summed E-state index contributed by atoms with van der Waals surface area (Å²) in [4.78, 5) is 15.6. The first-order valence-electron chi connectivity index (χ1n) is 9.16. The maximum absolute atomic E-state index is 12.8. The highest BCUT2D eigenvalue weighted by atomic mass is 79.9. The van der Waals surface area contributed by atoms with Crippen molar-refractivity contribution < 1.29 is 9.90 Å². The number of carbonyl (C=O) groups is 1. The molecule has 28 heavy (non-hydrogen) atoms. The van der Waals surface area contributed by atoms with Crippen LogP contribution in [0, 0.1) is 5.92 Å². The molecule has 4 N–H and O–H groups in total. The van der Waals surface area contributed by atoms with Gasteiger partial charge in [-0.25, -0.2) is 10.9 Å². The largest absolute Gasteiger partial charge is 0.493 e. The van der Waals surface area contributed by atoms with Gasteiger partial charge in [0.25, 0.3) is 5.91 Å². The summed E-state index contributed by atoms with van der Waals surface area (Å²) in [5.41, 5.74) is 9.90. The van der Waals surface area contributed by atoms with Crippen LogP contribution in [0.2, 0.25) is 0 Å². The number of fused-ring (bicyclic) bond motifs is 4. The van der Waals surface area contributed by atoms with E-state index in [0.29, 0.717) is 5.39 Å². The van der Waals surface area contributed by atoms with Crippen molar-refractivity contribution in [2.75, 3.05) is 0 Å². The molecule has 1 amide bonds. The van der Waals surface area contributed by atoms with Gasteiger partial charge in [-0.1, -0.05) is 40.2 Å². The molecule has 2 aromatic carbocycles. The van der Waals surface area contributed by atoms with Gasteiger partial charge in [-0.15, -0.1) is 10.2 Å². The lowest BCUT2D eigenvalue weighted by Gasteiger charge is -2.28. The molecule has 2 aliphatic rings. The molecule has 0 bridgehead atoms. The van der Waals surface area contributed by atoms with Crippen molar-refractivity contribution >= 4 is 38.4 Å². The molecule has 1 aliphatic heterocycles. The van der Waals surface area contributed by atoms with Crippen molar-refractivity contribution in [3.8, 4) is 5.88 Å². The van der Waals surface area contributed by atoms with Gasteiger partial charge in [-0.05, 0) is 42.2 Å². The van der Waals surface area contributed by atoms with E-state index in [1.807, 2.05) is 30.3 Å². The summed E-state index contributed by atoms with van der Waals surface area (Å²) in [7, 11) is 0. The van der Waals surface area contributed by atoms with Gasteiger partial charge in [0, 0.05) is 15.8 Å². The molecule has 142 valence electrons. The highest BCUT2D eigenvalue weighted by Crippen LogP contribution is 2.40. The van der Waals surface area contributed by atoms with Gasteiger partial charge in [0.05, 0.1) is 11.6 Å². The second-order valence-electron chi connectivity index (χ2n) is 7.20. The Kier molecular flexibility index (Phi) is 4.26. The summed E-state index contributed by atoms with van der Waals surface area (Å²) >= 11 is 3.41. The average molecular weight is 440 g/mol. The smallest absolute Gasteiger partial charge is 0.283 e. The number of H-pyrrole nitrogens is 1. The second-order valence-corrected chi connectivity index (χ2v) is 8.11. The maximum Gasteiger partial charge on any atom is 0.283 e. The third-order valence-corrected chi connectivity index (χ3v) is 6.11. The summed E-state index contributed by atoms with van der Waals surface area (Å²) in [6.45, 7) is 0. The number of carbonyl (C=O) groups excluding carboxylic acids is 1. The monoisotopic (exact) mass is 439 g/mol. The van der Waals surface area contributed by atoms with E-state index >= 15 is 0 Å². The van der Waals surface area contributed by atoms with Crippen molar-refractivity contribution in [1.82, 2.24) is 15.8 Å². The normalized spacial score (nSPS) is 23.8. The zero-order valence-electron chi connectivity index (χ0n) is 14.8. The predicted octanol–water partition coefficient (Wildman–Crippen LogP) is 4.03. The second kappa shape index (κ2) is 6.80. The molecule has 1 aliphatic carbocycles. The van der Waals surface area contributed by atoms with Crippen LogP contribution < -0.4 is 10.9 Å². The van der Waals surface area contributed by atoms with Gasteiger partial charge in [-0.3, -0.25) is 4.79 Å². The Morgan fingerprint density at radius 1 is 1.18 bits per heavy atom. The van der Waals surface area contributed by atoms with Crippen LogP contribution in [0.1, 0.15) is 23.6 Å². The van der Waals surface area contributed by atoms with Gasteiger partial charge in [0.1, 0.15) is 6.04 Å². The Morgan fingerprint density at radius 3 is 2.93 bits per heavy atom. The highest BCUT2D eigenvalue weighted by molar-refractivity contribution is 9.10. The Balaban J connectivity index is 1.40. The van der Waals surface area contributed by atoms with Crippen LogP contribution in [-0.4, -0.2) is 22.0 Å². The van der Waals surface area contributed by atoms with E-state index in [1.54, 1.807) is 0 Å². The number of hydrogen-bond donors (Lipinski definition) is 4. The first kappa shape index (κ1) is 17.5. The lowest BCUT2D eigenvalue weighted by molar-refractivity contribution is -0.121. The average Bonchev–Trinajstić information content (AvgIpc) is 3.27. The summed E-state index contributed by atoms with van der Waals surface area (Å²) < 4.78 is 0.854. The zero-order chi connectivity index (χ0) is 19.3. The molecular weight excluding hydrogens is 422 g/mol. The Bertz CT molecular complexity index is 1110. The molecule has 3 atom stereocenters. The highest BCUT2D eigenvalue weighted by Gasteiger charge is 2.43. The van der Waals surface area contributed by atoms with Gasteiger partial charge in [0.15, 0.2) is 5.69 Å². The van der Waals surface area contributed by atoms with Gasteiger partial charge in [-0.2, -0.15) is 0 Å². The van der Waals surface area contributed by atoms with Crippen molar-refractivity contribution in [3.63, 3.8) is 0 Å². The standard InChI is InChI=1S/C20H18BrN5O2/c21-11-6-8-15-14(9-11)18(19(27)22-15)25-26-20(28)17-13-7-5-10-3-1-2-4-12(10)16(13)23-24-17/h1-4,6,8-9,13,16-17,22-24,27H,5,7H2. The number of aryl methyl sites for hydroxylation is 1. The van der Waals surface area contributed by atoms with Gasteiger partial charge < -0.3 is 10.1 Å². The number of azo groups is 1. The summed E-state index contributed by atoms with van der Waals surface area (Å²) in [5, 5.41) is 18.8. The topological polar surface area (TPSA) is 102 Å². The third kappa shape index (κ3) is 2.85. The lowest BCUT2D eigenvalue weighted by Crippen LogP contribution is -2.37. The Hall–Kier alpha value is -2.55. The quantitative estimate of drug-likeness (QED) is 0.452. The summed E-state index contributed by atoms with van der Waals surface area (Å²) in [5.74, 6) is -0.332. The number of nitrogens with zero attached hydrogens (tertiary/aromatic N) is 2. The molecule has 7 nitrogen and oxygen atoms in total. The van der Waals surface area contributed by atoms with Crippen LogP contribution in [0.15, 0.2) is 57.2 Å². The molecule has 1 aromatic heterocycles. The minimum Gasteiger partial charge on any atom is -0.493 e. The fourth-order valence-electron chi connectivity index (χ4n) is 4.26. The molecule has 0 radical (unpaired) electrons. The Morgan fingerprint density at radius 2 is 2.04 bits per heavy atom. The molecule has 3 unspecified atom stereocenters. The summed E-state index contributed by atoms with van der Waals surface area (Å²) in [6, 6.07) is 13.5. The number of hydrogen-bond acceptors (Lipinski definition) is 5. The molecule has 8 heteroatoms. The summed E-state index contributed by atoms with van der Waals surface area (Å²) in [6.07, 6.45) is 1.85. The van der Waals surface area contributed by atoms with E-state index in [4.69, 9.17) is 0 Å². The van der Waals surface area contributed by atoms with Crippen LogP contribution in [-0.2, 0) is 11.2 Å². The van der Waals surface area contributed by atoms with E-state index in [-0.39, 0.29) is 29.4 Å². The fraction of sp³-hybridized carbons (Fsp3) is 0.250. The number of nitrogens with one attached hydrogen (secondary N) is 3. The van der Waals surface area contributed by atoms with Crippen LogP contribution >= 0.6 is 15.9 Å². The molecule has 1 fully saturated rings. The van der Waals surface area contributed by atoms with E-state index in [0.717, 1.165) is 22.8 Å². The van der Waals surface area contributed by atoms with Crippen LogP contribution in [0.25, 0.3) is 10.9 Å². The van der Waals surface area contributed by atoms with Crippen LogP contribution in [0.4, 0.5) is 5.69 Å². The van der Waals surface area contributed by atoms with Crippen molar-refractivity contribution in [2.24, 2.45) is 16.1 Å². The number of benzene rings is 2. The number of amides is 1. The predicted molar refractivity (Wildman–Crippen MR) is 108 cm³/mol. The number of aromatic amines is 1. The van der Waals surface area contributed by atoms with Crippen molar-refractivity contribution in [3.05, 3.63) is 58.1 Å². The minimum atomic E-state index is -0.443. The number of aromatic nitrogens is 1. The van der Waals surface area contributed by atoms with E-state index in [2.05, 4.69) is 54.1 Å². The number of aromatic hydroxyl groups is 1. The van der Waals surface area contributed by atoms with Gasteiger partial charge in [0.2, 0.25) is 5.88 Å². The molecule has 0 spiro atoms. The SMILES string of the molecule is O=C(N=Nc1c(O)[nH]c2ccc(Br)cc12)C1NNC2c3ccccc3CCC12. The molecular formula is C20H18BrN5O2. The zero-order valence-corrected chi connectivity index (χ0v) is 16.4. The maximum atomic E-state index is 12.8. The van der Waals surface area contributed by atoms with Crippen molar-refractivity contribution in [2.45, 2.75) is 24.9 Å². The van der Waals surface area contributed by atoms with Gasteiger partial charge >= 0.3 is 0 Å². The minimum absolute atomic E-state index is 0.0894. The molecule has 0 saturated carbocycles. The van der Waals surface area contributed by atoms with Crippen molar-refractivity contribution in [1.29, 1.82) is 0 Å². The van der Waals surface area contributed by atoms with E-state index < -0.39 is 6.04 Å². The number of hydrazine groups is 1. The molecule has 1 saturated heterocycles. The van der Waals surface area contributed by atoms with E-state index in [1.165, 1.54) is 11.1 Å². The number of rotatable bonds is 2. The molecule has 5 rings (SSSR count). The Labute approximate surface area is 169 Å². The van der Waals surface area contributed by atoms with E-state index in [9.17, 15) is 9.90 Å². The lowest BCUT2D eigenvalue weighted by atomic mass is 9.77. The van der Waals surface area contributed by atoms with Crippen LogP contribution in [0.3, 0.4) is 0 Å². The fourth-order valence-corrected chi connectivity index (χ4v) is 4.62. The first-order valence-corrected chi connectivity index (χ1v) is 9.96. The third-order valence-electron chi connectivity index (χ3n) is 5.62. The van der Waals surface area contributed by atoms with Crippen LogP contribution in [0.5, 0.6) is 5.88 Å².